The Kier molecular flexibility index (Phi) is 4.28. The Morgan fingerprint density at radius 1 is 1.32 bits per heavy atom. The number of rotatable bonds is 6. The molecule has 106 valence electrons. The Bertz CT molecular complexity index is 536. The lowest BCUT2D eigenvalue weighted by molar-refractivity contribution is 0.360. The van der Waals surface area contributed by atoms with Crippen LogP contribution in [0.3, 0.4) is 0 Å². The summed E-state index contributed by atoms with van der Waals surface area (Å²) in [5, 5.41) is 0. The lowest BCUT2D eigenvalue weighted by Crippen LogP contribution is -2.36. The zero-order valence-corrected chi connectivity index (χ0v) is 12.4. The van der Waals surface area contributed by atoms with Gasteiger partial charge >= 0.3 is 0 Å². The first-order valence-electron chi connectivity index (χ1n) is 6.76. The first kappa shape index (κ1) is 14.5. The molecule has 19 heavy (non-hydrogen) atoms. The van der Waals surface area contributed by atoms with Crippen molar-refractivity contribution in [3.63, 3.8) is 0 Å². The molecule has 0 heterocycles. The zero-order chi connectivity index (χ0) is 14.0. The van der Waals surface area contributed by atoms with Gasteiger partial charge in [-0.15, -0.1) is 0 Å². The number of nitrogens with zero attached hydrogens (tertiary/aromatic N) is 1. The summed E-state index contributed by atoms with van der Waals surface area (Å²) in [6.45, 7) is 4.90. The summed E-state index contributed by atoms with van der Waals surface area (Å²) in [5.41, 5.74) is 6.35. The molecule has 0 aliphatic heterocycles. The van der Waals surface area contributed by atoms with Gasteiger partial charge < -0.3 is 5.73 Å². The van der Waals surface area contributed by atoms with E-state index in [9.17, 15) is 8.42 Å². The maximum absolute atomic E-state index is 12.8. The Morgan fingerprint density at radius 2 is 1.95 bits per heavy atom. The molecule has 0 saturated heterocycles. The Hall–Kier alpha value is -0.910. The lowest BCUT2D eigenvalue weighted by Gasteiger charge is -2.24. The summed E-state index contributed by atoms with van der Waals surface area (Å²) in [6.07, 6.45) is 1.94. The van der Waals surface area contributed by atoms with Gasteiger partial charge in [-0.1, -0.05) is 32.0 Å². The fourth-order valence-corrected chi connectivity index (χ4v) is 4.30. The van der Waals surface area contributed by atoms with Crippen molar-refractivity contribution in [1.82, 2.24) is 4.31 Å². The van der Waals surface area contributed by atoms with Crippen molar-refractivity contribution in [2.24, 2.45) is 11.7 Å². The third-order valence-electron chi connectivity index (χ3n) is 3.28. The third-order valence-corrected chi connectivity index (χ3v) is 5.30. The van der Waals surface area contributed by atoms with Crippen molar-refractivity contribution in [2.45, 2.75) is 44.2 Å². The normalized spacial score (nSPS) is 16.3. The highest BCUT2D eigenvalue weighted by atomic mass is 32.2. The summed E-state index contributed by atoms with van der Waals surface area (Å²) in [6, 6.07) is 7.20. The molecule has 4 nitrogen and oxygen atoms in total. The third kappa shape index (κ3) is 3.16. The summed E-state index contributed by atoms with van der Waals surface area (Å²) in [5.74, 6) is 0.320. The molecule has 2 rings (SSSR count). The molecule has 0 radical (unpaired) electrons. The van der Waals surface area contributed by atoms with Crippen LogP contribution >= 0.6 is 0 Å². The molecule has 1 saturated carbocycles. The van der Waals surface area contributed by atoms with E-state index in [1.165, 1.54) is 0 Å². The van der Waals surface area contributed by atoms with Crippen LogP contribution in [-0.4, -0.2) is 25.3 Å². The number of hydrogen-bond acceptors (Lipinski definition) is 3. The van der Waals surface area contributed by atoms with Crippen LogP contribution in [0.4, 0.5) is 0 Å². The van der Waals surface area contributed by atoms with E-state index in [0.717, 1.165) is 12.8 Å². The fraction of sp³-hybridized carbons (Fsp3) is 0.571. The first-order chi connectivity index (χ1) is 8.96. The van der Waals surface area contributed by atoms with Gasteiger partial charge in [-0.2, -0.15) is 4.31 Å². The van der Waals surface area contributed by atoms with Crippen molar-refractivity contribution in [2.75, 3.05) is 6.54 Å². The monoisotopic (exact) mass is 282 g/mol. The highest BCUT2D eigenvalue weighted by Gasteiger charge is 2.38. The van der Waals surface area contributed by atoms with Crippen LogP contribution in [-0.2, 0) is 16.6 Å². The molecule has 0 bridgehead atoms. The van der Waals surface area contributed by atoms with Gasteiger partial charge in [0, 0.05) is 19.1 Å². The molecule has 1 aliphatic carbocycles. The Labute approximate surface area is 115 Å². The average molecular weight is 282 g/mol. The van der Waals surface area contributed by atoms with Gasteiger partial charge in [0.15, 0.2) is 0 Å². The predicted molar refractivity (Wildman–Crippen MR) is 76.1 cm³/mol. The van der Waals surface area contributed by atoms with E-state index >= 15 is 0 Å². The predicted octanol–water partition coefficient (Wildman–Crippen LogP) is 1.95. The molecule has 0 aromatic heterocycles. The highest BCUT2D eigenvalue weighted by molar-refractivity contribution is 7.89. The van der Waals surface area contributed by atoms with E-state index in [2.05, 4.69) is 0 Å². The largest absolute Gasteiger partial charge is 0.326 e. The summed E-state index contributed by atoms with van der Waals surface area (Å²) in [4.78, 5) is 0.366. The molecule has 1 aromatic rings. The van der Waals surface area contributed by atoms with Crippen molar-refractivity contribution >= 4 is 10.0 Å². The first-order valence-corrected chi connectivity index (χ1v) is 8.20. The minimum Gasteiger partial charge on any atom is -0.326 e. The molecule has 0 atom stereocenters. The second-order valence-electron chi connectivity index (χ2n) is 5.51. The van der Waals surface area contributed by atoms with E-state index in [1.807, 2.05) is 19.9 Å². The zero-order valence-electron chi connectivity index (χ0n) is 11.5. The molecule has 0 unspecified atom stereocenters. The van der Waals surface area contributed by atoms with Crippen LogP contribution in [0.25, 0.3) is 0 Å². The van der Waals surface area contributed by atoms with Gasteiger partial charge in [0.2, 0.25) is 10.0 Å². The number of hydrogen-bond donors (Lipinski definition) is 1. The van der Waals surface area contributed by atoms with Crippen LogP contribution in [0, 0.1) is 5.92 Å². The molecule has 0 amide bonds. The van der Waals surface area contributed by atoms with E-state index < -0.39 is 10.0 Å². The van der Waals surface area contributed by atoms with Crippen molar-refractivity contribution in [3.8, 4) is 0 Å². The van der Waals surface area contributed by atoms with E-state index in [1.54, 1.807) is 22.5 Å². The second-order valence-corrected chi connectivity index (χ2v) is 7.37. The summed E-state index contributed by atoms with van der Waals surface area (Å²) in [7, 11) is -3.42. The molecule has 2 N–H and O–H groups in total. The van der Waals surface area contributed by atoms with Gasteiger partial charge in [0.05, 0.1) is 4.90 Å². The SMILES string of the molecule is CC(C)CN(C1CC1)S(=O)(=O)c1ccccc1CN. The number of benzene rings is 1. The maximum Gasteiger partial charge on any atom is 0.243 e. The van der Waals surface area contributed by atoms with Crippen molar-refractivity contribution in [1.29, 1.82) is 0 Å². The molecular formula is C14H22N2O2S. The van der Waals surface area contributed by atoms with E-state index in [-0.39, 0.29) is 12.6 Å². The van der Waals surface area contributed by atoms with Crippen molar-refractivity contribution < 1.29 is 8.42 Å². The van der Waals surface area contributed by atoms with Crippen LogP contribution < -0.4 is 5.73 Å². The Morgan fingerprint density at radius 3 is 2.47 bits per heavy atom. The quantitative estimate of drug-likeness (QED) is 0.867. The summed E-state index contributed by atoms with van der Waals surface area (Å²) >= 11 is 0. The van der Waals surface area contributed by atoms with Crippen LogP contribution in [0.5, 0.6) is 0 Å². The molecule has 5 heteroatoms. The lowest BCUT2D eigenvalue weighted by atomic mass is 10.2. The van der Waals surface area contributed by atoms with Crippen molar-refractivity contribution in [3.05, 3.63) is 29.8 Å². The number of nitrogens with two attached hydrogens (primary N) is 1. The second kappa shape index (κ2) is 5.61. The number of sulfonamides is 1. The van der Waals surface area contributed by atoms with E-state index in [4.69, 9.17) is 5.73 Å². The van der Waals surface area contributed by atoms with E-state index in [0.29, 0.717) is 22.9 Å². The maximum atomic E-state index is 12.8. The molecule has 1 fully saturated rings. The molecule has 1 aromatic carbocycles. The van der Waals surface area contributed by atoms with Crippen LogP contribution in [0.2, 0.25) is 0 Å². The van der Waals surface area contributed by atoms with Gasteiger partial charge in [0.25, 0.3) is 0 Å². The highest BCUT2D eigenvalue weighted by Crippen LogP contribution is 2.33. The molecule has 0 spiro atoms. The standard InChI is InChI=1S/C14H22N2O2S/c1-11(2)10-16(13-7-8-13)19(17,18)14-6-4-3-5-12(14)9-15/h3-6,11,13H,7-10,15H2,1-2H3. The smallest absolute Gasteiger partial charge is 0.243 e. The minimum atomic E-state index is -3.42. The van der Waals surface area contributed by atoms with Gasteiger partial charge in [0.1, 0.15) is 0 Å². The van der Waals surface area contributed by atoms with Crippen LogP contribution in [0.15, 0.2) is 29.2 Å². The average Bonchev–Trinajstić information content (AvgIpc) is 3.19. The molecular weight excluding hydrogens is 260 g/mol. The minimum absolute atomic E-state index is 0.179. The van der Waals surface area contributed by atoms with Gasteiger partial charge in [-0.3, -0.25) is 0 Å². The van der Waals surface area contributed by atoms with Gasteiger partial charge in [-0.05, 0) is 30.4 Å². The molecule has 1 aliphatic rings. The van der Waals surface area contributed by atoms with Crippen LogP contribution in [0.1, 0.15) is 32.3 Å². The fourth-order valence-electron chi connectivity index (χ4n) is 2.22. The topological polar surface area (TPSA) is 63.4 Å². The summed E-state index contributed by atoms with van der Waals surface area (Å²) < 4.78 is 27.3. The Balaban J connectivity index is 2.39. The van der Waals surface area contributed by atoms with Gasteiger partial charge in [-0.25, -0.2) is 8.42 Å².